The first-order valence-corrected chi connectivity index (χ1v) is 11.1. The van der Waals surface area contributed by atoms with Crippen molar-refractivity contribution in [2.45, 2.75) is 19.9 Å². The van der Waals surface area contributed by atoms with E-state index in [1.54, 1.807) is 31.4 Å². The second kappa shape index (κ2) is 9.82. The molecule has 0 saturated carbocycles. The number of nitrogens with zero attached hydrogens (tertiary/aromatic N) is 3. The average Bonchev–Trinajstić information content (AvgIpc) is 2.84. The summed E-state index contributed by atoms with van der Waals surface area (Å²) in [6, 6.07) is 16.7. The maximum Gasteiger partial charge on any atom is 0.339 e. The summed E-state index contributed by atoms with van der Waals surface area (Å²) in [6.07, 6.45) is 1.50. The molecule has 1 atom stereocenters. The maximum atomic E-state index is 12.6. The van der Waals surface area contributed by atoms with Gasteiger partial charge in [-0.1, -0.05) is 12.1 Å². The molecule has 1 fully saturated rings. The van der Waals surface area contributed by atoms with E-state index in [1.165, 1.54) is 17.8 Å². The molecule has 1 amide bonds. The topological polar surface area (TPSA) is 95.0 Å². The Labute approximate surface area is 198 Å². The lowest BCUT2D eigenvalue weighted by Crippen LogP contribution is -2.52. The van der Waals surface area contributed by atoms with Crippen molar-refractivity contribution in [3.8, 4) is 5.75 Å². The highest BCUT2D eigenvalue weighted by Crippen LogP contribution is 2.27. The Morgan fingerprint density at radius 2 is 1.88 bits per heavy atom. The second-order valence-electron chi connectivity index (χ2n) is 8.41. The van der Waals surface area contributed by atoms with E-state index in [-0.39, 0.29) is 17.5 Å². The van der Waals surface area contributed by atoms with Crippen LogP contribution in [-0.2, 0) is 0 Å². The minimum absolute atomic E-state index is 0.0590. The van der Waals surface area contributed by atoms with Gasteiger partial charge >= 0.3 is 5.97 Å². The normalized spacial score (nSPS) is 15.7. The number of hydrogen-bond acceptors (Lipinski definition) is 6. The molecule has 2 aromatic carbocycles. The zero-order chi connectivity index (χ0) is 24.2. The van der Waals surface area contributed by atoms with Crippen molar-refractivity contribution >= 4 is 29.1 Å². The summed E-state index contributed by atoms with van der Waals surface area (Å²) < 4.78 is 5.11. The maximum absolute atomic E-state index is 12.6. The summed E-state index contributed by atoms with van der Waals surface area (Å²) >= 11 is 0. The predicted octanol–water partition coefficient (Wildman–Crippen LogP) is 4.06. The van der Waals surface area contributed by atoms with E-state index in [1.807, 2.05) is 11.0 Å². The number of hydrogen-bond donors (Lipinski definition) is 2. The minimum atomic E-state index is -1.09. The number of anilines is 3. The van der Waals surface area contributed by atoms with Crippen molar-refractivity contribution in [3.05, 3.63) is 77.5 Å². The molecule has 176 valence electrons. The van der Waals surface area contributed by atoms with Crippen LogP contribution in [0, 0.1) is 6.92 Å². The first-order valence-electron chi connectivity index (χ1n) is 11.1. The van der Waals surface area contributed by atoms with E-state index in [9.17, 15) is 14.7 Å². The van der Waals surface area contributed by atoms with Gasteiger partial charge in [0.2, 0.25) is 0 Å². The molecule has 1 aliphatic rings. The smallest absolute Gasteiger partial charge is 0.339 e. The molecule has 1 aromatic heterocycles. The molecule has 4 rings (SSSR count). The van der Waals surface area contributed by atoms with Crippen LogP contribution in [0.15, 0.2) is 60.8 Å². The second-order valence-corrected chi connectivity index (χ2v) is 8.41. The van der Waals surface area contributed by atoms with Crippen molar-refractivity contribution in [2.75, 3.05) is 41.9 Å². The van der Waals surface area contributed by atoms with Gasteiger partial charge < -0.3 is 25.0 Å². The lowest BCUT2D eigenvalue weighted by Gasteiger charge is -2.42. The number of nitrogens with one attached hydrogen (secondary N) is 1. The number of rotatable bonds is 6. The number of methoxy groups -OCH3 is 1. The first-order chi connectivity index (χ1) is 16.4. The van der Waals surface area contributed by atoms with Crippen molar-refractivity contribution < 1.29 is 19.4 Å². The van der Waals surface area contributed by atoms with Gasteiger partial charge in [0.1, 0.15) is 17.1 Å². The van der Waals surface area contributed by atoms with Gasteiger partial charge in [0, 0.05) is 36.9 Å². The zero-order valence-electron chi connectivity index (χ0n) is 19.5. The fraction of sp³-hybridized carbons (Fsp3) is 0.269. The number of benzene rings is 2. The van der Waals surface area contributed by atoms with Crippen LogP contribution in [0.25, 0.3) is 0 Å². The molecule has 1 unspecified atom stereocenters. The molecule has 3 aromatic rings. The van der Waals surface area contributed by atoms with Gasteiger partial charge in [0.15, 0.2) is 0 Å². The molecule has 8 heteroatoms. The van der Waals surface area contributed by atoms with E-state index < -0.39 is 5.97 Å². The Morgan fingerprint density at radius 1 is 1.12 bits per heavy atom. The molecule has 2 heterocycles. The zero-order valence-corrected chi connectivity index (χ0v) is 19.5. The van der Waals surface area contributed by atoms with Crippen LogP contribution >= 0.6 is 0 Å². The van der Waals surface area contributed by atoms with Crippen LogP contribution in [0.5, 0.6) is 5.75 Å². The predicted molar refractivity (Wildman–Crippen MR) is 132 cm³/mol. The molecule has 2 N–H and O–H groups in total. The van der Waals surface area contributed by atoms with Crippen LogP contribution in [-0.4, -0.2) is 54.8 Å². The third-order valence-electron chi connectivity index (χ3n) is 5.97. The first kappa shape index (κ1) is 23.1. The van der Waals surface area contributed by atoms with Crippen LogP contribution in [0.2, 0.25) is 0 Å². The van der Waals surface area contributed by atoms with Crippen molar-refractivity contribution in [3.63, 3.8) is 0 Å². The van der Waals surface area contributed by atoms with Gasteiger partial charge in [0.25, 0.3) is 5.91 Å². The quantitative estimate of drug-likeness (QED) is 0.573. The molecule has 0 aliphatic carbocycles. The number of amides is 1. The number of ether oxygens (including phenoxy) is 1. The Kier molecular flexibility index (Phi) is 6.67. The number of aromatic carboxylic acids is 1. The summed E-state index contributed by atoms with van der Waals surface area (Å²) in [6.45, 7) is 6.23. The fourth-order valence-electron chi connectivity index (χ4n) is 4.22. The molecule has 8 nitrogen and oxygen atoms in total. The lowest BCUT2D eigenvalue weighted by molar-refractivity contribution is 0.0696. The monoisotopic (exact) mass is 460 g/mol. The highest BCUT2D eigenvalue weighted by Gasteiger charge is 2.28. The summed E-state index contributed by atoms with van der Waals surface area (Å²) in [4.78, 5) is 33.4. The highest BCUT2D eigenvalue weighted by atomic mass is 16.5. The van der Waals surface area contributed by atoms with Crippen molar-refractivity contribution in [1.82, 2.24) is 4.98 Å². The van der Waals surface area contributed by atoms with Gasteiger partial charge in [-0.25, -0.2) is 9.78 Å². The number of carboxylic acid groups (broad SMARTS) is 1. The van der Waals surface area contributed by atoms with E-state index in [2.05, 4.69) is 47.2 Å². The van der Waals surface area contributed by atoms with E-state index in [0.29, 0.717) is 35.9 Å². The number of piperazine rings is 1. The summed E-state index contributed by atoms with van der Waals surface area (Å²) in [5.41, 5.74) is 3.18. The third-order valence-corrected chi connectivity index (χ3v) is 5.97. The van der Waals surface area contributed by atoms with Crippen molar-refractivity contribution in [1.29, 1.82) is 0 Å². The SMILES string of the molecule is COc1ccc(C(=O)Nc2cnc(N3CCN(c4cccc(C)c4)C(C)C3)c(C(=O)O)c2)cc1. The van der Waals surface area contributed by atoms with Gasteiger partial charge in [-0.3, -0.25) is 4.79 Å². The minimum Gasteiger partial charge on any atom is -0.497 e. The summed E-state index contributed by atoms with van der Waals surface area (Å²) in [5.74, 6) is -0.385. The van der Waals surface area contributed by atoms with Crippen LogP contribution < -0.4 is 19.9 Å². The molecule has 1 saturated heterocycles. The fourth-order valence-corrected chi connectivity index (χ4v) is 4.22. The third kappa shape index (κ3) is 4.96. The summed E-state index contributed by atoms with van der Waals surface area (Å²) in [7, 11) is 1.55. The summed E-state index contributed by atoms with van der Waals surface area (Å²) in [5, 5.41) is 12.6. The Bertz CT molecular complexity index is 1200. The molecular formula is C26H28N4O4. The molecular weight excluding hydrogens is 432 g/mol. The standard InChI is InChI=1S/C26H28N4O4/c1-17-5-4-6-21(13-17)30-12-11-29(16-18(30)2)24-23(26(32)33)14-20(15-27-24)28-25(31)19-7-9-22(34-3)10-8-19/h4-10,13-15,18H,11-12,16H2,1-3H3,(H,28,31)(H,32,33). The highest BCUT2D eigenvalue weighted by molar-refractivity contribution is 6.05. The van der Waals surface area contributed by atoms with E-state index in [0.717, 1.165) is 12.2 Å². The van der Waals surface area contributed by atoms with Crippen LogP contribution in [0.3, 0.4) is 0 Å². The van der Waals surface area contributed by atoms with Gasteiger partial charge in [0.05, 0.1) is 19.0 Å². The van der Waals surface area contributed by atoms with Gasteiger partial charge in [-0.05, 0) is 61.9 Å². The van der Waals surface area contributed by atoms with Gasteiger partial charge in [-0.2, -0.15) is 0 Å². The Hall–Kier alpha value is -4.07. The molecule has 34 heavy (non-hydrogen) atoms. The molecule has 0 radical (unpaired) electrons. The Balaban J connectivity index is 1.50. The van der Waals surface area contributed by atoms with E-state index >= 15 is 0 Å². The van der Waals surface area contributed by atoms with Crippen LogP contribution in [0.1, 0.15) is 33.2 Å². The number of pyridine rings is 1. The number of aryl methyl sites for hydroxylation is 1. The largest absolute Gasteiger partial charge is 0.497 e. The molecule has 0 bridgehead atoms. The van der Waals surface area contributed by atoms with Gasteiger partial charge in [-0.15, -0.1) is 0 Å². The van der Waals surface area contributed by atoms with Crippen molar-refractivity contribution in [2.24, 2.45) is 0 Å². The average molecular weight is 461 g/mol. The lowest BCUT2D eigenvalue weighted by atomic mass is 10.1. The van der Waals surface area contributed by atoms with E-state index in [4.69, 9.17) is 4.74 Å². The number of carbonyl (C=O) groups is 2. The molecule has 0 spiro atoms. The number of carboxylic acids is 1. The number of carbonyl (C=O) groups excluding carboxylic acids is 1. The molecule has 1 aliphatic heterocycles. The number of aromatic nitrogens is 1. The Morgan fingerprint density at radius 3 is 2.53 bits per heavy atom. The van der Waals surface area contributed by atoms with Crippen LogP contribution in [0.4, 0.5) is 17.2 Å².